The molecule has 0 aliphatic heterocycles. The van der Waals surface area contributed by atoms with Crippen LogP contribution in [0, 0.1) is 13.8 Å². The highest BCUT2D eigenvalue weighted by molar-refractivity contribution is 6.30. The molecule has 0 saturated heterocycles. The van der Waals surface area contributed by atoms with Gasteiger partial charge in [-0.25, -0.2) is 5.43 Å². The van der Waals surface area contributed by atoms with Crippen molar-refractivity contribution < 1.29 is 4.74 Å². The number of ether oxygens (including phenoxy) is 1. The first-order chi connectivity index (χ1) is 9.99. The molecule has 2 aromatic rings. The third-order valence-corrected chi connectivity index (χ3v) is 3.61. The molecular weight excluding hydrogens is 284 g/mol. The topological polar surface area (TPSA) is 47.3 Å². The Morgan fingerprint density at radius 2 is 1.76 bits per heavy atom. The fourth-order valence-electron chi connectivity index (χ4n) is 2.52. The molecule has 0 aliphatic carbocycles. The Labute approximate surface area is 131 Å². The Bertz CT molecular complexity index is 595. The van der Waals surface area contributed by atoms with Crippen LogP contribution in [0.3, 0.4) is 0 Å². The highest BCUT2D eigenvalue weighted by atomic mass is 35.5. The first-order valence-electron chi connectivity index (χ1n) is 6.96. The molecule has 2 rings (SSSR count). The van der Waals surface area contributed by atoms with Crippen LogP contribution in [0.2, 0.25) is 5.02 Å². The Kier molecular flexibility index (Phi) is 5.23. The third kappa shape index (κ3) is 4.21. The van der Waals surface area contributed by atoms with Gasteiger partial charge in [-0.3, -0.25) is 5.84 Å². The largest absolute Gasteiger partial charge is 0.489 e. The van der Waals surface area contributed by atoms with Crippen LogP contribution in [0.15, 0.2) is 42.5 Å². The lowest BCUT2D eigenvalue weighted by molar-refractivity contribution is 0.171. The fourth-order valence-corrected chi connectivity index (χ4v) is 2.70. The van der Waals surface area contributed by atoms with E-state index in [1.807, 2.05) is 25.1 Å². The third-order valence-electron chi connectivity index (χ3n) is 3.37. The number of benzene rings is 2. The molecule has 0 aliphatic rings. The van der Waals surface area contributed by atoms with Gasteiger partial charge in [0.1, 0.15) is 11.9 Å². The van der Waals surface area contributed by atoms with E-state index in [0.29, 0.717) is 5.02 Å². The Balaban J connectivity index is 2.20. The fraction of sp³-hybridized carbons (Fsp3) is 0.294. The molecule has 0 fully saturated rings. The van der Waals surface area contributed by atoms with Crippen molar-refractivity contribution in [3.63, 3.8) is 0 Å². The summed E-state index contributed by atoms with van der Waals surface area (Å²) in [6.45, 7) is 6.14. The summed E-state index contributed by atoms with van der Waals surface area (Å²) in [5.41, 5.74) is 6.38. The van der Waals surface area contributed by atoms with Crippen molar-refractivity contribution in [3.8, 4) is 5.75 Å². The summed E-state index contributed by atoms with van der Waals surface area (Å²) in [7, 11) is 0. The SMILES string of the molecule is Cc1cc(C)cc(C(NN)C(C)Oc2cccc(Cl)c2)c1. The maximum absolute atomic E-state index is 5.98. The van der Waals surface area contributed by atoms with Gasteiger partial charge in [-0.2, -0.15) is 0 Å². The minimum atomic E-state index is -0.130. The Hall–Kier alpha value is -1.55. The lowest BCUT2D eigenvalue weighted by Crippen LogP contribution is -2.38. The number of hydrazine groups is 1. The highest BCUT2D eigenvalue weighted by Gasteiger charge is 2.20. The zero-order valence-electron chi connectivity index (χ0n) is 12.6. The number of halogens is 1. The van der Waals surface area contributed by atoms with Crippen molar-refractivity contribution in [2.45, 2.75) is 32.9 Å². The average Bonchev–Trinajstić information content (AvgIpc) is 2.38. The molecule has 0 radical (unpaired) electrons. The number of aryl methyl sites for hydroxylation is 2. The normalized spacial score (nSPS) is 13.8. The molecule has 2 unspecified atom stereocenters. The van der Waals surface area contributed by atoms with Gasteiger partial charge in [0, 0.05) is 5.02 Å². The second kappa shape index (κ2) is 6.94. The van der Waals surface area contributed by atoms with Crippen molar-refractivity contribution in [2.24, 2.45) is 5.84 Å². The van der Waals surface area contributed by atoms with Crippen molar-refractivity contribution in [1.82, 2.24) is 5.43 Å². The van der Waals surface area contributed by atoms with Gasteiger partial charge in [0.25, 0.3) is 0 Å². The summed E-state index contributed by atoms with van der Waals surface area (Å²) in [6.07, 6.45) is -0.130. The molecule has 0 saturated carbocycles. The van der Waals surface area contributed by atoms with Gasteiger partial charge in [-0.05, 0) is 44.5 Å². The van der Waals surface area contributed by atoms with Crippen LogP contribution >= 0.6 is 11.6 Å². The standard InChI is InChI=1S/C17H21ClN2O/c1-11-7-12(2)9-14(8-11)17(20-19)13(3)21-16-6-4-5-15(18)10-16/h4-10,13,17,20H,19H2,1-3H3. The Morgan fingerprint density at radius 1 is 1.10 bits per heavy atom. The molecule has 2 atom stereocenters. The second-order valence-corrected chi connectivity index (χ2v) is 5.78. The first kappa shape index (κ1) is 15.8. The van der Waals surface area contributed by atoms with Gasteiger partial charge < -0.3 is 4.74 Å². The van der Waals surface area contributed by atoms with E-state index in [-0.39, 0.29) is 12.1 Å². The van der Waals surface area contributed by atoms with Crippen LogP contribution < -0.4 is 16.0 Å². The summed E-state index contributed by atoms with van der Waals surface area (Å²) < 4.78 is 5.96. The van der Waals surface area contributed by atoms with Crippen molar-refractivity contribution in [2.75, 3.05) is 0 Å². The van der Waals surface area contributed by atoms with Crippen molar-refractivity contribution in [3.05, 3.63) is 64.2 Å². The van der Waals surface area contributed by atoms with Crippen LogP contribution in [0.25, 0.3) is 0 Å². The number of nitrogens with two attached hydrogens (primary N) is 1. The number of nitrogens with one attached hydrogen (secondary N) is 1. The molecule has 0 bridgehead atoms. The summed E-state index contributed by atoms with van der Waals surface area (Å²) in [6, 6.07) is 13.7. The maximum atomic E-state index is 5.98. The predicted octanol–water partition coefficient (Wildman–Crippen LogP) is 3.93. The first-order valence-corrected chi connectivity index (χ1v) is 7.34. The molecule has 0 spiro atoms. The summed E-state index contributed by atoms with van der Waals surface area (Å²) in [5, 5.41) is 0.656. The molecule has 2 aromatic carbocycles. The molecule has 0 amide bonds. The molecule has 0 heterocycles. The molecule has 4 heteroatoms. The monoisotopic (exact) mass is 304 g/mol. The van der Waals surface area contributed by atoms with Crippen LogP contribution in [-0.2, 0) is 0 Å². The Morgan fingerprint density at radius 3 is 2.33 bits per heavy atom. The average molecular weight is 305 g/mol. The molecule has 21 heavy (non-hydrogen) atoms. The van der Waals surface area contributed by atoms with E-state index >= 15 is 0 Å². The van der Waals surface area contributed by atoms with E-state index in [4.69, 9.17) is 22.2 Å². The highest BCUT2D eigenvalue weighted by Crippen LogP contribution is 2.25. The van der Waals surface area contributed by atoms with Gasteiger partial charge in [0.2, 0.25) is 0 Å². The molecular formula is C17H21ClN2O. The smallest absolute Gasteiger partial charge is 0.121 e. The number of hydrogen-bond donors (Lipinski definition) is 2. The molecule has 3 N–H and O–H groups in total. The lowest BCUT2D eigenvalue weighted by Gasteiger charge is -2.25. The predicted molar refractivity (Wildman–Crippen MR) is 87.5 cm³/mol. The minimum absolute atomic E-state index is 0.0948. The molecule has 112 valence electrons. The molecule has 3 nitrogen and oxygen atoms in total. The van der Waals surface area contributed by atoms with E-state index in [0.717, 1.165) is 11.3 Å². The van der Waals surface area contributed by atoms with Crippen LogP contribution in [0.5, 0.6) is 5.75 Å². The van der Waals surface area contributed by atoms with Crippen LogP contribution in [0.4, 0.5) is 0 Å². The quantitative estimate of drug-likeness (QED) is 0.650. The van der Waals surface area contributed by atoms with Gasteiger partial charge >= 0.3 is 0 Å². The number of hydrogen-bond acceptors (Lipinski definition) is 3. The van der Waals surface area contributed by atoms with E-state index in [1.165, 1.54) is 11.1 Å². The van der Waals surface area contributed by atoms with Crippen LogP contribution in [0.1, 0.15) is 29.7 Å². The van der Waals surface area contributed by atoms with Gasteiger partial charge in [0.15, 0.2) is 0 Å². The van der Waals surface area contributed by atoms with Gasteiger partial charge in [-0.1, -0.05) is 47.0 Å². The van der Waals surface area contributed by atoms with Gasteiger partial charge in [0.05, 0.1) is 6.04 Å². The number of rotatable bonds is 5. The van der Waals surface area contributed by atoms with Crippen LogP contribution in [-0.4, -0.2) is 6.10 Å². The van der Waals surface area contributed by atoms with E-state index in [2.05, 4.69) is 37.5 Å². The summed E-state index contributed by atoms with van der Waals surface area (Å²) in [5.74, 6) is 6.47. The van der Waals surface area contributed by atoms with Gasteiger partial charge in [-0.15, -0.1) is 0 Å². The maximum Gasteiger partial charge on any atom is 0.121 e. The summed E-state index contributed by atoms with van der Waals surface area (Å²) in [4.78, 5) is 0. The van der Waals surface area contributed by atoms with Crippen molar-refractivity contribution in [1.29, 1.82) is 0 Å². The lowest BCUT2D eigenvalue weighted by atomic mass is 9.98. The van der Waals surface area contributed by atoms with E-state index in [9.17, 15) is 0 Å². The van der Waals surface area contributed by atoms with Crippen molar-refractivity contribution >= 4 is 11.6 Å². The summed E-state index contributed by atoms with van der Waals surface area (Å²) >= 11 is 5.98. The zero-order chi connectivity index (χ0) is 15.4. The van der Waals surface area contributed by atoms with E-state index in [1.54, 1.807) is 6.07 Å². The van der Waals surface area contributed by atoms with E-state index < -0.39 is 0 Å². The molecule has 0 aromatic heterocycles. The zero-order valence-corrected chi connectivity index (χ0v) is 13.3. The second-order valence-electron chi connectivity index (χ2n) is 5.35. The minimum Gasteiger partial charge on any atom is -0.489 e.